The van der Waals surface area contributed by atoms with Gasteiger partial charge in [-0.1, -0.05) is 17.3 Å². The highest BCUT2D eigenvalue weighted by atomic mass is 16.5. The van der Waals surface area contributed by atoms with E-state index in [1.54, 1.807) is 42.5 Å². The van der Waals surface area contributed by atoms with Gasteiger partial charge in [0.15, 0.2) is 6.73 Å². The van der Waals surface area contributed by atoms with Gasteiger partial charge >= 0.3 is 5.97 Å². The molecule has 2 aromatic carbocycles. The number of aryl methyl sites for hydroxylation is 2. The van der Waals surface area contributed by atoms with Crippen LogP contribution < -0.4 is 5.56 Å². The van der Waals surface area contributed by atoms with Gasteiger partial charge in [-0.05, 0) is 44.2 Å². The first kappa shape index (κ1) is 16.8. The summed E-state index contributed by atoms with van der Waals surface area (Å²) in [5, 5.41) is 8.17. The molecule has 0 aliphatic heterocycles. The molecule has 0 fully saturated rings. The fraction of sp³-hybridized carbons (Fsp3) is 0.158. The first-order chi connectivity index (χ1) is 13.0. The van der Waals surface area contributed by atoms with E-state index in [9.17, 15) is 9.59 Å². The molecular weight excluding hydrogens is 346 g/mol. The number of rotatable bonds is 3. The Morgan fingerprint density at radius 3 is 2.56 bits per heavy atom. The van der Waals surface area contributed by atoms with Crippen LogP contribution in [0.1, 0.15) is 21.7 Å². The van der Waals surface area contributed by atoms with Crippen molar-refractivity contribution < 1.29 is 9.53 Å². The van der Waals surface area contributed by atoms with E-state index in [1.165, 1.54) is 0 Å². The van der Waals surface area contributed by atoms with Gasteiger partial charge in [-0.25, -0.2) is 14.8 Å². The number of hydrogen-bond acceptors (Lipinski definition) is 7. The average molecular weight is 361 g/mol. The zero-order valence-electron chi connectivity index (χ0n) is 14.7. The molecule has 0 saturated carbocycles. The summed E-state index contributed by atoms with van der Waals surface area (Å²) < 4.78 is 6.23. The van der Waals surface area contributed by atoms with Gasteiger partial charge in [0.25, 0.3) is 5.56 Å². The maximum Gasteiger partial charge on any atom is 0.339 e. The SMILES string of the molecule is Cc1nc2ccc(C(=O)OCn3nnc4ccccc4c3=O)cc2nc1C. The second-order valence-corrected chi connectivity index (χ2v) is 6.07. The van der Waals surface area contributed by atoms with Crippen LogP contribution in [0.25, 0.3) is 21.9 Å². The molecule has 0 amide bonds. The van der Waals surface area contributed by atoms with Crippen molar-refractivity contribution in [3.8, 4) is 0 Å². The molecule has 0 N–H and O–H groups in total. The zero-order chi connectivity index (χ0) is 19.0. The van der Waals surface area contributed by atoms with E-state index in [4.69, 9.17) is 4.74 Å². The summed E-state index contributed by atoms with van der Waals surface area (Å²) in [6.45, 7) is 3.41. The smallest absolute Gasteiger partial charge is 0.339 e. The molecule has 0 bridgehead atoms. The first-order valence-corrected chi connectivity index (χ1v) is 8.27. The zero-order valence-corrected chi connectivity index (χ0v) is 14.7. The first-order valence-electron chi connectivity index (χ1n) is 8.27. The minimum atomic E-state index is -0.584. The van der Waals surface area contributed by atoms with Crippen LogP contribution >= 0.6 is 0 Å². The number of nitrogens with zero attached hydrogens (tertiary/aromatic N) is 5. The summed E-state index contributed by atoms with van der Waals surface area (Å²) in [6, 6.07) is 11.8. The summed E-state index contributed by atoms with van der Waals surface area (Å²) in [5.41, 5.74) is 3.38. The molecule has 0 aliphatic carbocycles. The Morgan fingerprint density at radius 1 is 1.00 bits per heavy atom. The number of benzene rings is 2. The quantitative estimate of drug-likeness (QED) is 0.516. The molecular formula is C19H15N5O3. The highest BCUT2D eigenvalue weighted by Gasteiger charge is 2.12. The molecule has 2 aromatic heterocycles. The lowest BCUT2D eigenvalue weighted by atomic mass is 10.2. The normalized spacial score (nSPS) is 11.0. The second-order valence-electron chi connectivity index (χ2n) is 6.07. The molecule has 2 heterocycles. The van der Waals surface area contributed by atoms with E-state index in [1.807, 2.05) is 13.8 Å². The van der Waals surface area contributed by atoms with Gasteiger partial charge in [0.05, 0.1) is 33.4 Å². The predicted molar refractivity (Wildman–Crippen MR) is 98.2 cm³/mol. The van der Waals surface area contributed by atoms with Crippen molar-refractivity contribution in [3.63, 3.8) is 0 Å². The van der Waals surface area contributed by atoms with Crippen LogP contribution in [-0.4, -0.2) is 30.9 Å². The Kier molecular flexibility index (Phi) is 4.08. The second kappa shape index (κ2) is 6.56. The van der Waals surface area contributed by atoms with Crippen LogP contribution in [0.2, 0.25) is 0 Å². The third-order valence-corrected chi connectivity index (χ3v) is 4.26. The van der Waals surface area contributed by atoms with E-state index in [-0.39, 0.29) is 12.3 Å². The highest BCUT2D eigenvalue weighted by molar-refractivity contribution is 5.93. The molecule has 0 aliphatic rings. The maximum absolute atomic E-state index is 12.4. The molecule has 4 aromatic rings. The number of esters is 1. The fourth-order valence-corrected chi connectivity index (χ4v) is 2.67. The monoisotopic (exact) mass is 361 g/mol. The van der Waals surface area contributed by atoms with Crippen LogP contribution in [0.15, 0.2) is 47.3 Å². The lowest BCUT2D eigenvalue weighted by molar-refractivity contribution is 0.0336. The van der Waals surface area contributed by atoms with Crippen molar-refractivity contribution in [3.05, 3.63) is 69.8 Å². The molecule has 134 valence electrons. The highest BCUT2D eigenvalue weighted by Crippen LogP contribution is 2.15. The van der Waals surface area contributed by atoms with Crippen molar-refractivity contribution in [2.75, 3.05) is 0 Å². The summed E-state index contributed by atoms with van der Waals surface area (Å²) >= 11 is 0. The van der Waals surface area contributed by atoms with Crippen molar-refractivity contribution in [1.82, 2.24) is 25.0 Å². The number of aromatic nitrogens is 5. The van der Waals surface area contributed by atoms with Gasteiger partial charge in [-0.2, -0.15) is 4.68 Å². The molecule has 27 heavy (non-hydrogen) atoms. The van der Waals surface area contributed by atoms with E-state index < -0.39 is 5.97 Å². The molecule has 0 unspecified atom stereocenters. The van der Waals surface area contributed by atoms with Crippen molar-refractivity contribution in [2.45, 2.75) is 20.6 Å². The standard InChI is InChI=1S/C19H15N5O3/c1-11-12(2)21-17-9-13(7-8-16(17)20-11)19(26)27-10-24-18(25)14-5-3-4-6-15(14)22-23-24/h3-9H,10H2,1-2H3. The van der Waals surface area contributed by atoms with Gasteiger partial charge in [-0.15, -0.1) is 5.10 Å². The van der Waals surface area contributed by atoms with Crippen molar-refractivity contribution in [2.24, 2.45) is 0 Å². The van der Waals surface area contributed by atoms with E-state index >= 15 is 0 Å². The molecule has 8 nitrogen and oxygen atoms in total. The predicted octanol–water partition coefficient (Wildman–Crippen LogP) is 2.17. The fourth-order valence-electron chi connectivity index (χ4n) is 2.67. The van der Waals surface area contributed by atoms with Crippen LogP contribution in [0.4, 0.5) is 0 Å². The van der Waals surface area contributed by atoms with E-state index in [0.29, 0.717) is 27.5 Å². The van der Waals surface area contributed by atoms with Crippen LogP contribution in [-0.2, 0) is 11.5 Å². The van der Waals surface area contributed by atoms with Crippen molar-refractivity contribution in [1.29, 1.82) is 0 Å². The van der Waals surface area contributed by atoms with Gasteiger partial charge in [0, 0.05) is 0 Å². The topological polar surface area (TPSA) is 99.9 Å². The van der Waals surface area contributed by atoms with E-state index in [2.05, 4.69) is 20.3 Å². The Bertz CT molecular complexity index is 1250. The molecule has 0 saturated heterocycles. The van der Waals surface area contributed by atoms with E-state index in [0.717, 1.165) is 16.1 Å². The van der Waals surface area contributed by atoms with Crippen LogP contribution in [0.3, 0.4) is 0 Å². The van der Waals surface area contributed by atoms with Crippen molar-refractivity contribution >= 4 is 27.9 Å². The molecule has 0 radical (unpaired) electrons. The minimum Gasteiger partial charge on any atom is -0.439 e. The number of carbonyl (C=O) groups excluding carboxylic acids is 1. The van der Waals surface area contributed by atoms with Gasteiger partial charge in [0.2, 0.25) is 0 Å². The molecule has 0 spiro atoms. The summed E-state index contributed by atoms with van der Waals surface area (Å²) in [5.74, 6) is -0.584. The summed E-state index contributed by atoms with van der Waals surface area (Å²) in [7, 11) is 0. The Morgan fingerprint density at radius 2 is 1.74 bits per heavy atom. The lowest BCUT2D eigenvalue weighted by Gasteiger charge is -2.08. The summed E-state index contributed by atoms with van der Waals surface area (Å²) in [4.78, 5) is 33.6. The number of fused-ring (bicyclic) bond motifs is 2. The number of carbonyl (C=O) groups is 1. The Labute approximate surface area is 153 Å². The summed E-state index contributed by atoms with van der Waals surface area (Å²) in [6.07, 6.45) is 0. The third-order valence-electron chi connectivity index (χ3n) is 4.26. The van der Waals surface area contributed by atoms with Gasteiger partial charge in [0.1, 0.15) is 5.52 Å². The number of hydrogen-bond donors (Lipinski definition) is 0. The Balaban J connectivity index is 1.58. The minimum absolute atomic E-state index is 0.321. The lowest BCUT2D eigenvalue weighted by Crippen LogP contribution is -2.26. The molecule has 0 atom stereocenters. The third kappa shape index (κ3) is 3.12. The van der Waals surface area contributed by atoms with Crippen LogP contribution in [0, 0.1) is 13.8 Å². The Hall–Kier alpha value is -3.68. The molecule has 8 heteroatoms. The maximum atomic E-state index is 12.4. The molecule has 4 rings (SSSR count). The van der Waals surface area contributed by atoms with Crippen LogP contribution in [0.5, 0.6) is 0 Å². The largest absolute Gasteiger partial charge is 0.439 e. The van der Waals surface area contributed by atoms with Gasteiger partial charge < -0.3 is 4.74 Å². The van der Waals surface area contributed by atoms with Gasteiger partial charge in [-0.3, -0.25) is 4.79 Å². The average Bonchev–Trinajstić information content (AvgIpc) is 2.68. The number of ether oxygens (including phenoxy) is 1.